The van der Waals surface area contributed by atoms with Crippen LogP contribution in [0.1, 0.15) is 36.3 Å². The van der Waals surface area contributed by atoms with Crippen molar-refractivity contribution in [2.75, 3.05) is 26.8 Å². The van der Waals surface area contributed by atoms with E-state index in [1.54, 1.807) is 0 Å². The summed E-state index contributed by atoms with van der Waals surface area (Å²) in [6.07, 6.45) is 3.74. The number of likely N-dealkylation sites (N-methyl/N-ethyl adjacent to an activating group) is 1. The van der Waals surface area contributed by atoms with Crippen LogP contribution in [0.2, 0.25) is 0 Å². The van der Waals surface area contributed by atoms with Gasteiger partial charge in [0.2, 0.25) is 0 Å². The minimum Gasteiger partial charge on any atom is -0.381 e. The summed E-state index contributed by atoms with van der Waals surface area (Å²) in [6.45, 7) is 5.14. The number of ether oxygens (including phenoxy) is 1. The molecule has 1 aliphatic heterocycles. The average Bonchev–Trinajstić information content (AvgIpc) is 2.39. The first-order valence-corrected chi connectivity index (χ1v) is 7.08. The first-order chi connectivity index (χ1) is 8.79. The van der Waals surface area contributed by atoms with E-state index in [1.165, 1.54) is 30.4 Å². The molecule has 1 saturated heterocycles. The maximum absolute atomic E-state index is 5.45. The summed E-state index contributed by atoms with van der Waals surface area (Å²) in [7, 11) is 2.05. The number of nitrogens with one attached hydrogen (secondary N) is 1. The van der Waals surface area contributed by atoms with E-state index in [4.69, 9.17) is 4.74 Å². The maximum Gasteiger partial charge on any atom is 0.0468 e. The number of hydrogen-bond acceptors (Lipinski definition) is 2. The van der Waals surface area contributed by atoms with Crippen LogP contribution in [0.25, 0.3) is 0 Å². The summed E-state index contributed by atoms with van der Waals surface area (Å²) < 4.78 is 5.45. The van der Waals surface area contributed by atoms with Crippen LogP contribution in [-0.2, 0) is 4.74 Å². The average molecular weight is 247 g/mol. The summed E-state index contributed by atoms with van der Waals surface area (Å²) in [6, 6.07) is 8.96. The van der Waals surface area contributed by atoms with Crippen molar-refractivity contribution in [1.82, 2.24) is 5.32 Å². The molecule has 1 heterocycles. The molecule has 1 aromatic rings. The van der Waals surface area contributed by atoms with Crippen molar-refractivity contribution in [1.29, 1.82) is 0 Å². The third-order valence-corrected chi connectivity index (χ3v) is 3.92. The van der Waals surface area contributed by atoms with Gasteiger partial charge in [0, 0.05) is 19.8 Å². The summed E-state index contributed by atoms with van der Waals surface area (Å²) >= 11 is 0. The van der Waals surface area contributed by atoms with E-state index < -0.39 is 0 Å². The highest BCUT2D eigenvalue weighted by Gasteiger charge is 2.20. The Kier molecular flexibility index (Phi) is 5.21. The van der Waals surface area contributed by atoms with Crippen LogP contribution in [0.5, 0.6) is 0 Å². The van der Waals surface area contributed by atoms with Gasteiger partial charge in [0.1, 0.15) is 0 Å². The predicted molar refractivity (Wildman–Crippen MR) is 76.0 cm³/mol. The molecule has 2 rings (SSSR count). The molecule has 1 N–H and O–H groups in total. The monoisotopic (exact) mass is 247 g/mol. The number of hydrogen-bond donors (Lipinski definition) is 1. The largest absolute Gasteiger partial charge is 0.381 e. The molecule has 2 heteroatoms. The Morgan fingerprint density at radius 3 is 2.78 bits per heavy atom. The Balaban J connectivity index is 2.02. The maximum atomic E-state index is 5.45. The standard InChI is InChI=1S/C16H25NO/c1-13-4-3-5-15(10-13)16(12-17-2)11-14-6-8-18-9-7-14/h3-5,10,14,16-17H,6-9,11-12H2,1-2H3. The SMILES string of the molecule is CNCC(CC1CCOCC1)c1cccc(C)c1. The zero-order chi connectivity index (χ0) is 12.8. The molecule has 0 spiro atoms. The molecular weight excluding hydrogens is 222 g/mol. The van der Waals surface area contributed by atoms with Crippen molar-refractivity contribution in [3.8, 4) is 0 Å². The molecule has 0 radical (unpaired) electrons. The van der Waals surface area contributed by atoms with Crippen molar-refractivity contribution >= 4 is 0 Å². The molecular formula is C16H25NO. The lowest BCUT2D eigenvalue weighted by molar-refractivity contribution is 0.0617. The van der Waals surface area contributed by atoms with Crippen LogP contribution in [-0.4, -0.2) is 26.8 Å². The Hall–Kier alpha value is -0.860. The lowest BCUT2D eigenvalue weighted by atomic mass is 9.84. The number of benzene rings is 1. The molecule has 0 aliphatic carbocycles. The first-order valence-electron chi connectivity index (χ1n) is 7.08. The predicted octanol–water partition coefficient (Wildman–Crippen LogP) is 3.11. The lowest BCUT2D eigenvalue weighted by Crippen LogP contribution is -2.23. The van der Waals surface area contributed by atoms with Crippen LogP contribution >= 0.6 is 0 Å². The van der Waals surface area contributed by atoms with E-state index >= 15 is 0 Å². The van der Waals surface area contributed by atoms with Crippen molar-refractivity contribution in [2.24, 2.45) is 5.92 Å². The fraction of sp³-hybridized carbons (Fsp3) is 0.625. The van der Waals surface area contributed by atoms with Gasteiger partial charge in [-0.15, -0.1) is 0 Å². The van der Waals surface area contributed by atoms with Gasteiger partial charge in [0.05, 0.1) is 0 Å². The van der Waals surface area contributed by atoms with Gasteiger partial charge >= 0.3 is 0 Å². The van der Waals surface area contributed by atoms with E-state index in [0.29, 0.717) is 5.92 Å². The van der Waals surface area contributed by atoms with Crippen molar-refractivity contribution in [2.45, 2.75) is 32.1 Å². The van der Waals surface area contributed by atoms with Gasteiger partial charge in [-0.1, -0.05) is 29.8 Å². The summed E-state index contributed by atoms with van der Waals surface area (Å²) in [4.78, 5) is 0. The highest BCUT2D eigenvalue weighted by molar-refractivity contribution is 5.25. The van der Waals surface area contributed by atoms with Crippen molar-refractivity contribution < 1.29 is 4.74 Å². The second-order valence-electron chi connectivity index (χ2n) is 5.46. The smallest absolute Gasteiger partial charge is 0.0468 e. The van der Waals surface area contributed by atoms with Crippen LogP contribution < -0.4 is 5.32 Å². The van der Waals surface area contributed by atoms with Gasteiger partial charge in [0.15, 0.2) is 0 Å². The normalized spacial score (nSPS) is 18.8. The second-order valence-corrected chi connectivity index (χ2v) is 5.46. The van der Waals surface area contributed by atoms with Crippen LogP contribution in [0.3, 0.4) is 0 Å². The topological polar surface area (TPSA) is 21.3 Å². The molecule has 1 aromatic carbocycles. The third kappa shape index (κ3) is 3.82. The quantitative estimate of drug-likeness (QED) is 0.863. The molecule has 0 aromatic heterocycles. The lowest BCUT2D eigenvalue weighted by Gasteiger charge is -2.27. The zero-order valence-electron chi connectivity index (χ0n) is 11.6. The Morgan fingerprint density at radius 1 is 1.33 bits per heavy atom. The van der Waals surface area contributed by atoms with Gasteiger partial charge in [-0.3, -0.25) is 0 Å². The Labute approximate surface area is 111 Å². The van der Waals surface area contributed by atoms with Gasteiger partial charge < -0.3 is 10.1 Å². The zero-order valence-corrected chi connectivity index (χ0v) is 11.6. The fourth-order valence-corrected chi connectivity index (χ4v) is 2.89. The summed E-state index contributed by atoms with van der Waals surface area (Å²) in [5, 5.41) is 3.34. The van der Waals surface area contributed by atoms with Crippen LogP contribution in [0.4, 0.5) is 0 Å². The minimum atomic E-state index is 0.637. The molecule has 1 atom stereocenters. The first kappa shape index (κ1) is 13.6. The van der Waals surface area contributed by atoms with Gasteiger partial charge in [0.25, 0.3) is 0 Å². The molecule has 2 nitrogen and oxygen atoms in total. The van der Waals surface area contributed by atoms with E-state index in [1.807, 2.05) is 7.05 Å². The highest BCUT2D eigenvalue weighted by Crippen LogP contribution is 2.29. The van der Waals surface area contributed by atoms with E-state index in [9.17, 15) is 0 Å². The Morgan fingerprint density at radius 2 is 2.11 bits per heavy atom. The number of aryl methyl sites for hydroxylation is 1. The van der Waals surface area contributed by atoms with Gasteiger partial charge in [-0.2, -0.15) is 0 Å². The van der Waals surface area contributed by atoms with E-state index in [2.05, 4.69) is 36.5 Å². The number of rotatable bonds is 5. The van der Waals surface area contributed by atoms with E-state index in [-0.39, 0.29) is 0 Å². The second kappa shape index (κ2) is 6.91. The van der Waals surface area contributed by atoms with Crippen molar-refractivity contribution in [3.05, 3.63) is 35.4 Å². The molecule has 0 saturated carbocycles. The molecule has 0 bridgehead atoms. The molecule has 1 aliphatic rings. The summed E-state index contributed by atoms with van der Waals surface area (Å²) in [5.74, 6) is 1.47. The molecule has 1 unspecified atom stereocenters. The van der Waals surface area contributed by atoms with Crippen molar-refractivity contribution in [3.63, 3.8) is 0 Å². The minimum absolute atomic E-state index is 0.637. The molecule has 100 valence electrons. The van der Waals surface area contributed by atoms with Gasteiger partial charge in [-0.05, 0) is 50.6 Å². The Bertz CT molecular complexity index is 358. The third-order valence-electron chi connectivity index (χ3n) is 3.92. The molecule has 18 heavy (non-hydrogen) atoms. The fourth-order valence-electron chi connectivity index (χ4n) is 2.89. The van der Waals surface area contributed by atoms with E-state index in [0.717, 1.165) is 25.7 Å². The highest BCUT2D eigenvalue weighted by atomic mass is 16.5. The molecule has 1 fully saturated rings. The van der Waals surface area contributed by atoms with Crippen LogP contribution in [0.15, 0.2) is 24.3 Å². The summed E-state index contributed by atoms with van der Waals surface area (Å²) in [5.41, 5.74) is 2.84. The van der Waals surface area contributed by atoms with Gasteiger partial charge in [-0.25, -0.2) is 0 Å². The molecule has 0 amide bonds. The van der Waals surface area contributed by atoms with Crippen LogP contribution in [0, 0.1) is 12.8 Å².